The maximum absolute atomic E-state index is 12.7. The van der Waals surface area contributed by atoms with E-state index in [1.165, 1.54) is 6.07 Å². The average Bonchev–Trinajstić information content (AvgIpc) is 2.63. The number of pyridine rings is 2. The highest BCUT2D eigenvalue weighted by atomic mass is 32.1. The van der Waals surface area contributed by atoms with Crippen molar-refractivity contribution in [1.82, 2.24) is 14.9 Å². The Kier molecular flexibility index (Phi) is 5.18. The fourth-order valence-electron chi connectivity index (χ4n) is 2.71. The van der Waals surface area contributed by atoms with Gasteiger partial charge in [-0.25, -0.2) is 0 Å². The van der Waals surface area contributed by atoms with E-state index in [1.54, 1.807) is 12.1 Å². The molecule has 1 amide bonds. The molecule has 0 fully saturated rings. The van der Waals surface area contributed by atoms with Crippen LogP contribution in [0.25, 0.3) is 11.0 Å². The van der Waals surface area contributed by atoms with Crippen LogP contribution < -0.4 is 10.9 Å². The first kappa shape index (κ1) is 18.5. The molecule has 0 aliphatic carbocycles. The third-order valence-electron chi connectivity index (χ3n) is 4.09. The van der Waals surface area contributed by atoms with Crippen molar-refractivity contribution in [3.63, 3.8) is 0 Å². The number of benzene rings is 1. The number of aryl methyl sites for hydroxylation is 1. The van der Waals surface area contributed by atoms with Gasteiger partial charge in [0.25, 0.3) is 11.5 Å². The summed E-state index contributed by atoms with van der Waals surface area (Å²) in [6.45, 7) is 1.64. The molecular weight excluding hydrogens is 366 g/mol. The molecule has 8 heteroatoms. The van der Waals surface area contributed by atoms with E-state index in [0.717, 1.165) is 15.7 Å². The molecule has 0 saturated carbocycles. The summed E-state index contributed by atoms with van der Waals surface area (Å²) in [5.74, 6) is -1.76. The molecule has 3 aromatic rings. The number of nitrogens with one attached hydrogen (secondary N) is 2. The molecule has 1 aromatic carbocycles. The van der Waals surface area contributed by atoms with Gasteiger partial charge in [-0.1, -0.05) is 42.0 Å². The molecule has 0 bridgehead atoms. The Morgan fingerprint density at radius 2 is 1.89 bits per heavy atom. The molecule has 0 radical (unpaired) electrons. The van der Waals surface area contributed by atoms with E-state index in [9.17, 15) is 14.4 Å². The molecule has 0 unspecified atom stereocenters. The second-order valence-electron chi connectivity index (χ2n) is 6.14. The molecule has 27 heavy (non-hydrogen) atoms. The average molecular weight is 383 g/mol. The summed E-state index contributed by atoms with van der Waals surface area (Å²) in [7, 11) is 0. The number of nitrogens with zero attached hydrogens (tertiary/aromatic N) is 1. The van der Waals surface area contributed by atoms with Gasteiger partial charge in [-0.15, -0.1) is 0 Å². The molecule has 0 saturated heterocycles. The van der Waals surface area contributed by atoms with Crippen molar-refractivity contribution < 1.29 is 14.7 Å². The van der Waals surface area contributed by atoms with E-state index < -0.39 is 24.0 Å². The lowest BCUT2D eigenvalue weighted by Crippen LogP contribution is -2.34. The summed E-state index contributed by atoms with van der Waals surface area (Å²) in [6, 6.07) is 12.3. The van der Waals surface area contributed by atoms with Gasteiger partial charge >= 0.3 is 5.97 Å². The van der Waals surface area contributed by atoms with E-state index in [2.05, 4.69) is 10.3 Å². The number of carbonyl (C=O) groups is 2. The molecular formula is C19H17N3O4S. The van der Waals surface area contributed by atoms with Gasteiger partial charge in [0.2, 0.25) is 0 Å². The first-order chi connectivity index (χ1) is 12.8. The number of carboxylic acids is 1. The summed E-state index contributed by atoms with van der Waals surface area (Å²) in [5, 5.41) is 12.3. The Labute approximate surface area is 159 Å². The fourth-order valence-corrected chi connectivity index (χ4v) is 2.88. The number of carbonyl (C=O) groups excluding carboxylic acids is 1. The molecule has 0 aliphatic heterocycles. The van der Waals surface area contributed by atoms with E-state index >= 15 is 0 Å². The summed E-state index contributed by atoms with van der Waals surface area (Å²) < 4.78 is 1.37. The first-order valence-electron chi connectivity index (χ1n) is 8.17. The number of H-pyrrole nitrogens is 1. The highest BCUT2D eigenvalue weighted by Crippen LogP contribution is 2.12. The Morgan fingerprint density at radius 3 is 2.56 bits per heavy atom. The van der Waals surface area contributed by atoms with Gasteiger partial charge in [-0.2, -0.15) is 0 Å². The van der Waals surface area contributed by atoms with Crippen LogP contribution in [-0.4, -0.2) is 26.5 Å². The van der Waals surface area contributed by atoms with Gasteiger partial charge in [-0.05, 0) is 30.7 Å². The Balaban J connectivity index is 1.99. The number of aromatic nitrogens is 2. The normalized spacial score (nSPS) is 10.7. The molecule has 0 spiro atoms. The summed E-state index contributed by atoms with van der Waals surface area (Å²) in [4.78, 5) is 39.2. The number of amides is 1. The molecule has 138 valence electrons. The van der Waals surface area contributed by atoms with Crippen LogP contribution in [0.15, 0.2) is 47.3 Å². The second-order valence-corrected chi connectivity index (χ2v) is 6.58. The lowest BCUT2D eigenvalue weighted by atomic mass is 10.1. The van der Waals surface area contributed by atoms with Crippen molar-refractivity contribution in [3.05, 3.63) is 74.1 Å². The molecule has 2 aromatic heterocycles. The largest absolute Gasteiger partial charge is 0.480 e. The van der Waals surface area contributed by atoms with Crippen LogP contribution in [-0.2, 0) is 17.9 Å². The van der Waals surface area contributed by atoms with Crippen LogP contribution >= 0.6 is 12.2 Å². The monoisotopic (exact) mass is 383 g/mol. The van der Waals surface area contributed by atoms with Crippen LogP contribution in [0.4, 0.5) is 0 Å². The topological polar surface area (TPSA) is 104 Å². The van der Waals surface area contributed by atoms with Crippen molar-refractivity contribution in [3.8, 4) is 0 Å². The molecule has 0 atom stereocenters. The Hall–Kier alpha value is -3.26. The minimum Gasteiger partial charge on any atom is -0.480 e. The summed E-state index contributed by atoms with van der Waals surface area (Å²) >= 11 is 5.05. The van der Waals surface area contributed by atoms with Gasteiger partial charge in [-0.3, -0.25) is 19.0 Å². The van der Waals surface area contributed by atoms with E-state index in [4.69, 9.17) is 17.3 Å². The van der Waals surface area contributed by atoms with Crippen molar-refractivity contribution in [2.24, 2.45) is 0 Å². The zero-order valence-corrected chi connectivity index (χ0v) is 15.3. The SMILES string of the molecule is Cc1ccc(CNC(=O)c2cc3ccc(=S)[nH]c3n(CC(=O)O)c2=O)cc1. The van der Waals surface area contributed by atoms with Crippen molar-refractivity contribution >= 4 is 35.1 Å². The molecule has 0 aliphatic rings. The first-order valence-corrected chi connectivity index (χ1v) is 8.58. The van der Waals surface area contributed by atoms with Crippen molar-refractivity contribution in [2.45, 2.75) is 20.0 Å². The molecule has 3 N–H and O–H groups in total. The van der Waals surface area contributed by atoms with Gasteiger partial charge in [0.05, 0.1) is 0 Å². The standard InChI is InChI=1S/C19H17N3O4S/c1-11-2-4-12(5-3-11)9-20-18(25)14-8-13-6-7-15(27)21-17(13)22(19(14)26)10-16(23)24/h2-8H,9-10H2,1H3,(H,20,25)(H,21,27)(H,23,24). The lowest BCUT2D eigenvalue weighted by molar-refractivity contribution is -0.137. The Morgan fingerprint density at radius 1 is 1.19 bits per heavy atom. The van der Waals surface area contributed by atoms with Crippen LogP contribution in [0.3, 0.4) is 0 Å². The van der Waals surface area contributed by atoms with Crippen molar-refractivity contribution in [2.75, 3.05) is 0 Å². The van der Waals surface area contributed by atoms with Crippen LogP contribution in [0.1, 0.15) is 21.5 Å². The predicted molar refractivity (Wildman–Crippen MR) is 103 cm³/mol. The number of hydrogen-bond acceptors (Lipinski definition) is 4. The number of rotatable bonds is 5. The molecule has 3 rings (SSSR count). The number of fused-ring (bicyclic) bond motifs is 1. The molecule has 7 nitrogen and oxygen atoms in total. The van der Waals surface area contributed by atoms with E-state index in [0.29, 0.717) is 10.0 Å². The minimum atomic E-state index is -1.20. The smallest absolute Gasteiger partial charge is 0.323 e. The second kappa shape index (κ2) is 7.55. The lowest BCUT2D eigenvalue weighted by Gasteiger charge is -2.11. The number of aliphatic carboxylic acids is 1. The van der Waals surface area contributed by atoms with E-state index in [-0.39, 0.29) is 17.8 Å². The van der Waals surface area contributed by atoms with Crippen LogP contribution in [0.5, 0.6) is 0 Å². The Bertz CT molecular complexity index is 1150. The third kappa shape index (κ3) is 4.12. The zero-order valence-electron chi connectivity index (χ0n) is 14.5. The maximum atomic E-state index is 12.7. The fraction of sp³-hybridized carbons (Fsp3) is 0.158. The van der Waals surface area contributed by atoms with Gasteiger partial charge < -0.3 is 15.4 Å². The van der Waals surface area contributed by atoms with Crippen LogP contribution in [0.2, 0.25) is 0 Å². The maximum Gasteiger partial charge on any atom is 0.323 e. The van der Waals surface area contributed by atoms with Gasteiger partial charge in [0, 0.05) is 11.9 Å². The van der Waals surface area contributed by atoms with E-state index in [1.807, 2.05) is 31.2 Å². The quantitative estimate of drug-likeness (QED) is 0.587. The third-order valence-corrected chi connectivity index (χ3v) is 4.32. The predicted octanol–water partition coefficient (Wildman–Crippen LogP) is 2.38. The van der Waals surface area contributed by atoms with Crippen molar-refractivity contribution in [1.29, 1.82) is 0 Å². The van der Waals surface area contributed by atoms with Gasteiger partial charge in [0.1, 0.15) is 22.4 Å². The molecule has 2 heterocycles. The van der Waals surface area contributed by atoms with Crippen LogP contribution in [0, 0.1) is 11.6 Å². The number of carboxylic acid groups (broad SMARTS) is 1. The summed E-state index contributed by atoms with van der Waals surface area (Å²) in [6.07, 6.45) is 0. The minimum absolute atomic E-state index is 0.124. The van der Waals surface area contributed by atoms with Gasteiger partial charge in [0.15, 0.2) is 0 Å². The number of aromatic amines is 1. The summed E-state index contributed by atoms with van der Waals surface area (Å²) in [5.41, 5.74) is 1.45. The highest BCUT2D eigenvalue weighted by Gasteiger charge is 2.17. The number of hydrogen-bond donors (Lipinski definition) is 3. The zero-order chi connectivity index (χ0) is 19.6. The highest BCUT2D eigenvalue weighted by molar-refractivity contribution is 7.71.